The largest absolute Gasteiger partial charge is 0.462 e. The SMILES string of the molecule is CCOC(=O)c1sc(NC(=O)CCc2nc(C(C)(C)C)no2)nc1-c1ccccc1. The van der Waals surface area contributed by atoms with Crippen LogP contribution in [-0.4, -0.2) is 33.6 Å². The van der Waals surface area contributed by atoms with E-state index in [1.807, 2.05) is 51.1 Å². The number of rotatable bonds is 7. The lowest BCUT2D eigenvalue weighted by molar-refractivity contribution is -0.116. The van der Waals surface area contributed by atoms with Crippen LogP contribution in [0, 0.1) is 0 Å². The molecule has 30 heavy (non-hydrogen) atoms. The van der Waals surface area contributed by atoms with Crippen molar-refractivity contribution in [2.45, 2.75) is 46.0 Å². The molecule has 2 heterocycles. The van der Waals surface area contributed by atoms with Gasteiger partial charge in [-0.3, -0.25) is 4.79 Å². The van der Waals surface area contributed by atoms with Gasteiger partial charge in [0.2, 0.25) is 11.8 Å². The van der Waals surface area contributed by atoms with E-state index in [0.717, 1.165) is 16.9 Å². The molecule has 0 bridgehead atoms. The quantitative estimate of drug-likeness (QED) is 0.561. The lowest BCUT2D eigenvalue weighted by atomic mass is 9.96. The fraction of sp³-hybridized carbons (Fsp3) is 0.381. The predicted molar refractivity (Wildman–Crippen MR) is 113 cm³/mol. The van der Waals surface area contributed by atoms with Crippen molar-refractivity contribution >= 4 is 28.3 Å². The summed E-state index contributed by atoms with van der Waals surface area (Å²) in [5.41, 5.74) is 1.04. The van der Waals surface area contributed by atoms with Gasteiger partial charge < -0.3 is 14.6 Å². The van der Waals surface area contributed by atoms with Crippen molar-refractivity contribution in [1.82, 2.24) is 15.1 Å². The van der Waals surface area contributed by atoms with Gasteiger partial charge in [-0.15, -0.1) is 0 Å². The number of hydrogen-bond donors (Lipinski definition) is 1. The van der Waals surface area contributed by atoms with E-state index in [1.165, 1.54) is 0 Å². The Kier molecular flexibility index (Phi) is 6.61. The zero-order valence-corrected chi connectivity index (χ0v) is 18.2. The highest BCUT2D eigenvalue weighted by molar-refractivity contribution is 7.18. The van der Waals surface area contributed by atoms with Crippen molar-refractivity contribution in [3.05, 3.63) is 46.9 Å². The number of ether oxygens (including phenoxy) is 1. The van der Waals surface area contributed by atoms with Crippen LogP contribution in [-0.2, 0) is 21.4 Å². The number of nitrogens with one attached hydrogen (secondary N) is 1. The maximum atomic E-state index is 12.4. The molecule has 0 fully saturated rings. The zero-order chi connectivity index (χ0) is 21.7. The smallest absolute Gasteiger partial charge is 0.350 e. The first-order valence-corrected chi connectivity index (χ1v) is 10.5. The minimum atomic E-state index is -0.463. The van der Waals surface area contributed by atoms with Gasteiger partial charge in [0.15, 0.2) is 11.0 Å². The van der Waals surface area contributed by atoms with Crippen LogP contribution in [0.25, 0.3) is 11.3 Å². The predicted octanol–water partition coefficient (Wildman–Crippen LogP) is 4.24. The third-order valence-corrected chi connectivity index (χ3v) is 5.04. The third-order valence-electron chi connectivity index (χ3n) is 4.09. The molecule has 158 valence electrons. The van der Waals surface area contributed by atoms with Gasteiger partial charge in [-0.25, -0.2) is 9.78 Å². The van der Waals surface area contributed by atoms with Gasteiger partial charge >= 0.3 is 5.97 Å². The molecule has 1 N–H and O–H groups in total. The van der Waals surface area contributed by atoms with Gasteiger partial charge in [0.05, 0.1) is 12.3 Å². The first-order chi connectivity index (χ1) is 14.3. The highest BCUT2D eigenvalue weighted by Gasteiger charge is 2.23. The van der Waals surface area contributed by atoms with Gasteiger partial charge in [0.25, 0.3) is 0 Å². The van der Waals surface area contributed by atoms with Crippen LogP contribution in [0.4, 0.5) is 5.13 Å². The average molecular weight is 429 g/mol. The number of hydrogen-bond acceptors (Lipinski definition) is 8. The Morgan fingerprint density at radius 3 is 2.53 bits per heavy atom. The summed E-state index contributed by atoms with van der Waals surface area (Å²) in [4.78, 5) is 33.9. The van der Waals surface area contributed by atoms with E-state index in [-0.39, 0.29) is 24.3 Å². The van der Waals surface area contributed by atoms with Gasteiger partial charge in [0.1, 0.15) is 4.88 Å². The molecule has 9 heteroatoms. The Morgan fingerprint density at radius 2 is 1.90 bits per heavy atom. The summed E-state index contributed by atoms with van der Waals surface area (Å²) in [6.45, 7) is 7.96. The van der Waals surface area contributed by atoms with Crippen LogP contribution >= 0.6 is 11.3 Å². The summed E-state index contributed by atoms with van der Waals surface area (Å²) in [6, 6.07) is 9.30. The van der Waals surface area contributed by atoms with E-state index in [9.17, 15) is 9.59 Å². The Hall–Kier alpha value is -3.07. The normalized spacial score (nSPS) is 11.3. The summed E-state index contributed by atoms with van der Waals surface area (Å²) in [7, 11) is 0. The van der Waals surface area contributed by atoms with Crippen LogP contribution in [0.3, 0.4) is 0 Å². The van der Waals surface area contributed by atoms with Crippen molar-refractivity contribution < 1.29 is 18.8 Å². The highest BCUT2D eigenvalue weighted by Crippen LogP contribution is 2.32. The molecule has 0 atom stereocenters. The van der Waals surface area contributed by atoms with Crippen LogP contribution in [0.1, 0.15) is 55.5 Å². The standard InChI is InChI=1S/C21H24N4O4S/c1-5-28-18(27)17-16(13-9-7-6-8-10-13)24-20(30-17)22-14(26)11-12-15-23-19(25-29-15)21(2,3)4/h6-10H,5,11-12H2,1-4H3,(H,22,24,26). The molecule has 3 aromatic rings. The number of aryl methyl sites for hydroxylation is 1. The number of amides is 1. The summed E-state index contributed by atoms with van der Waals surface area (Å²) in [5, 5.41) is 7.04. The molecule has 1 aromatic carbocycles. The van der Waals surface area contributed by atoms with E-state index in [0.29, 0.717) is 33.8 Å². The van der Waals surface area contributed by atoms with Gasteiger partial charge in [-0.2, -0.15) is 4.98 Å². The summed E-state index contributed by atoms with van der Waals surface area (Å²) in [6.07, 6.45) is 0.470. The number of carbonyl (C=O) groups excluding carboxylic acids is 2. The molecule has 1 amide bonds. The number of aromatic nitrogens is 3. The highest BCUT2D eigenvalue weighted by atomic mass is 32.1. The van der Waals surface area contributed by atoms with E-state index < -0.39 is 5.97 Å². The number of carbonyl (C=O) groups is 2. The molecule has 0 aliphatic rings. The van der Waals surface area contributed by atoms with Crippen LogP contribution < -0.4 is 5.32 Å². The van der Waals surface area contributed by atoms with E-state index >= 15 is 0 Å². The number of thiazole rings is 1. The fourth-order valence-corrected chi connectivity index (χ4v) is 3.46. The molecule has 2 aromatic heterocycles. The van der Waals surface area contributed by atoms with E-state index in [1.54, 1.807) is 6.92 Å². The number of benzene rings is 1. The van der Waals surface area contributed by atoms with Crippen LogP contribution in [0.15, 0.2) is 34.9 Å². The lowest BCUT2D eigenvalue weighted by Gasteiger charge is -2.10. The van der Waals surface area contributed by atoms with Crippen molar-refractivity contribution in [2.75, 3.05) is 11.9 Å². The topological polar surface area (TPSA) is 107 Å². The molecule has 0 aliphatic carbocycles. The molecule has 0 radical (unpaired) electrons. The Balaban J connectivity index is 1.70. The molecule has 3 rings (SSSR count). The monoisotopic (exact) mass is 428 g/mol. The van der Waals surface area contributed by atoms with Crippen molar-refractivity contribution in [3.8, 4) is 11.3 Å². The fourth-order valence-electron chi connectivity index (χ4n) is 2.56. The van der Waals surface area contributed by atoms with Gasteiger partial charge in [0, 0.05) is 23.8 Å². The molecular formula is C21H24N4O4S. The maximum Gasteiger partial charge on any atom is 0.350 e. The first kappa shape index (κ1) is 21.6. The molecule has 0 saturated carbocycles. The molecule has 0 spiro atoms. The zero-order valence-electron chi connectivity index (χ0n) is 17.4. The number of esters is 1. The van der Waals surface area contributed by atoms with Crippen LogP contribution in [0.5, 0.6) is 0 Å². The minimum absolute atomic E-state index is 0.154. The van der Waals surface area contributed by atoms with E-state index in [4.69, 9.17) is 9.26 Å². The lowest BCUT2D eigenvalue weighted by Crippen LogP contribution is -2.14. The Bertz CT molecular complexity index is 1020. The van der Waals surface area contributed by atoms with Gasteiger partial charge in [-0.1, -0.05) is 67.6 Å². The summed E-state index contributed by atoms with van der Waals surface area (Å²) >= 11 is 1.09. The van der Waals surface area contributed by atoms with Gasteiger partial charge in [-0.05, 0) is 6.92 Å². The molecular weight excluding hydrogens is 404 g/mol. The van der Waals surface area contributed by atoms with E-state index in [2.05, 4.69) is 20.4 Å². The second-order valence-electron chi connectivity index (χ2n) is 7.59. The second-order valence-corrected chi connectivity index (χ2v) is 8.59. The van der Waals surface area contributed by atoms with Crippen molar-refractivity contribution in [1.29, 1.82) is 0 Å². The van der Waals surface area contributed by atoms with Crippen molar-refractivity contribution in [2.24, 2.45) is 0 Å². The molecule has 0 aliphatic heterocycles. The average Bonchev–Trinajstić information content (AvgIpc) is 3.34. The number of anilines is 1. The molecule has 0 unspecified atom stereocenters. The third kappa shape index (κ3) is 5.29. The Labute approximate surface area is 178 Å². The first-order valence-electron chi connectivity index (χ1n) is 9.64. The summed E-state index contributed by atoms with van der Waals surface area (Å²) in [5.74, 6) is 0.292. The second kappa shape index (κ2) is 9.17. The van der Waals surface area contributed by atoms with Crippen LogP contribution in [0.2, 0.25) is 0 Å². The maximum absolute atomic E-state index is 12.4. The number of nitrogens with zero attached hydrogens (tertiary/aromatic N) is 3. The Morgan fingerprint density at radius 1 is 1.17 bits per heavy atom. The summed E-state index contributed by atoms with van der Waals surface area (Å²) < 4.78 is 10.4. The molecule has 8 nitrogen and oxygen atoms in total. The van der Waals surface area contributed by atoms with Crippen molar-refractivity contribution in [3.63, 3.8) is 0 Å². The molecule has 0 saturated heterocycles. The minimum Gasteiger partial charge on any atom is -0.462 e.